The van der Waals surface area contributed by atoms with Crippen LogP contribution in [-0.2, 0) is 4.79 Å². The molecule has 0 heterocycles. The molecule has 5 atom stereocenters. The van der Waals surface area contributed by atoms with Crippen molar-refractivity contribution in [1.82, 2.24) is 0 Å². The summed E-state index contributed by atoms with van der Waals surface area (Å²) in [6.07, 6.45) is 5.50. The van der Waals surface area contributed by atoms with E-state index in [0.717, 1.165) is 32.1 Å². The highest BCUT2D eigenvalue weighted by molar-refractivity contribution is 5.88. The van der Waals surface area contributed by atoms with Crippen molar-refractivity contribution in [2.24, 2.45) is 17.8 Å². The lowest BCUT2D eigenvalue weighted by Gasteiger charge is -2.32. The lowest BCUT2D eigenvalue weighted by atomic mass is 9.70. The molecule has 0 radical (unpaired) electrons. The average Bonchev–Trinajstić information content (AvgIpc) is 2.56. The van der Waals surface area contributed by atoms with Gasteiger partial charge in [0.05, 0.1) is 12.2 Å². The number of rotatable bonds is 6. The summed E-state index contributed by atoms with van der Waals surface area (Å²) in [5.41, 5.74) is 0. The van der Waals surface area contributed by atoms with E-state index < -0.39 is 0 Å². The molecule has 3 heteroatoms. The molecule has 5 unspecified atom stereocenters. The summed E-state index contributed by atoms with van der Waals surface area (Å²) in [6.45, 7) is 2.12. The zero-order chi connectivity index (χ0) is 12.4. The van der Waals surface area contributed by atoms with Gasteiger partial charge >= 0.3 is 0 Å². The second-order valence-corrected chi connectivity index (χ2v) is 5.78. The number of unbranched alkanes of at least 4 members (excludes halogenated alkanes) is 1. The second kappa shape index (κ2) is 5.49. The van der Waals surface area contributed by atoms with E-state index in [4.69, 9.17) is 0 Å². The van der Waals surface area contributed by atoms with E-state index in [1.807, 2.05) is 0 Å². The van der Waals surface area contributed by atoms with Gasteiger partial charge in [0.2, 0.25) is 0 Å². The molecule has 17 heavy (non-hydrogen) atoms. The number of hydrogen-bond acceptors (Lipinski definition) is 3. The Hall–Kier alpha value is -0.410. The zero-order valence-corrected chi connectivity index (χ0v) is 10.6. The zero-order valence-electron chi connectivity index (χ0n) is 10.6. The predicted octanol–water partition coefficient (Wildman–Crippen LogP) is 1.90. The maximum atomic E-state index is 11.3. The Kier molecular flexibility index (Phi) is 4.21. The number of carbonyl (C=O) groups excluding carboxylic acids is 1. The maximum Gasteiger partial charge on any atom is 0.136 e. The summed E-state index contributed by atoms with van der Waals surface area (Å²) in [4.78, 5) is 11.3. The van der Waals surface area contributed by atoms with Gasteiger partial charge in [-0.15, -0.1) is 0 Å². The molecule has 0 spiro atoms. The van der Waals surface area contributed by atoms with Gasteiger partial charge in [-0.1, -0.05) is 19.8 Å². The first-order chi connectivity index (χ1) is 8.13. The third-order valence-corrected chi connectivity index (χ3v) is 4.63. The van der Waals surface area contributed by atoms with Gasteiger partial charge in [-0.2, -0.15) is 0 Å². The number of carbonyl (C=O) groups is 1. The Labute approximate surface area is 103 Å². The van der Waals surface area contributed by atoms with Gasteiger partial charge in [0.15, 0.2) is 0 Å². The fourth-order valence-corrected chi connectivity index (χ4v) is 3.46. The fourth-order valence-electron chi connectivity index (χ4n) is 3.46. The predicted molar refractivity (Wildman–Crippen MR) is 65.5 cm³/mol. The molecule has 2 aliphatic carbocycles. The van der Waals surface area contributed by atoms with Gasteiger partial charge in [0, 0.05) is 12.3 Å². The molecule has 0 aromatic carbocycles. The van der Waals surface area contributed by atoms with E-state index in [1.54, 1.807) is 0 Å². The first-order valence-electron chi connectivity index (χ1n) is 7.02. The Balaban J connectivity index is 1.74. The number of Topliss-reactive ketones (excluding diaryl/α,β-unsaturated/α-hetero) is 1. The molecule has 2 rings (SSSR count). The Morgan fingerprint density at radius 1 is 1.41 bits per heavy atom. The Bertz CT molecular complexity index is 277. The summed E-state index contributed by atoms with van der Waals surface area (Å²) in [5.74, 6) is 1.15. The van der Waals surface area contributed by atoms with Crippen molar-refractivity contribution in [3.63, 3.8) is 0 Å². The minimum absolute atomic E-state index is 0.141. The first kappa shape index (κ1) is 13.0. The van der Waals surface area contributed by atoms with Crippen LogP contribution < -0.4 is 0 Å². The number of hydrogen-bond donors (Lipinski definition) is 2. The van der Waals surface area contributed by atoms with E-state index in [2.05, 4.69) is 6.92 Å². The van der Waals surface area contributed by atoms with Crippen molar-refractivity contribution in [2.45, 2.75) is 64.1 Å². The molecular formula is C14H24O3. The fraction of sp³-hybridized carbons (Fsp3) is 0.929. The van der Waals surface area contributed by atoms with Crippen molar-refractivity contribution in [3.05, 3.63) is 0 Å². The van der Waals surface area contributed by atoms with Crippen LogP contribution >= 0.6 is 0 Å². The highest BCUT2D eigenvalue weighted by Crippen LogP contribution is 2.49. The van der Waals surface area contributed by atoms with Gasteiger partial charge in [0.1, 0.15) is 5.78 Å². The van der Waals surface area contributed by atoms with Crippen LogP contribution in [-0.4, -0.2) is 28.2 Å². The number of fused-ring (bicyclic) bond motifs is 1. The first-order valence-corrected chi connectivity index (χ1v) is 7.02. The third kappa shape index (κ3) is 2.71. The summed E-state index contributed by atoms with van der Waals surface area (Å²) in [5, 5.41) is 19.7. The van der Waals surface area contributed by atoms with Gasteiger partial charge in [-0.3, -0.25) is 4.79 Å². The van der Waals surface area contributed by atoms with Crippen molar-refractivity contribution >= 4 is 5.78 Å². The third-order valence-electron chi connectivity index (χ3n) is 4.63. The summed E-state index contributed by atoms with van der Waals surface area (Å²) in [6, 6.07) is 0. The van der Waals surface area contributed by atoms with Gasteiger partial charge < -0.3 is 10.2 Å². The summed E-state index contributed by atoms with van der Waals surface area (Å²) < 4.78 is 0. The van der Waals surface area contributed by atoms with E-state index >= 15 is 0 Å². The van der Waals surface area contributed by atoms with E-state index in [1.165, 1.54) is 0 Å². The second-order valence-electron chi connectivity index (χ2n) is 5.78. The van der Waals surface area contributed by atoms with Crippen LogP contribution in [0.1, 0.15) is 51.9 Å². The van der Waals surface area contributed by atoms with Gasteiger partial charge in [-0.25, -0.2) is 0 Å². The normalized spacial score (nSPS) is 37.7. The van der Waals surface area contributed by atoms with Crippen LogP contribution in [0.2, 0.25) is 0 Å². The molecule has 98 valence electrons. The molecule has 2 fully saturated rings. The van der Waals surface area contributed by atoms with E-state index in [9.17, 15) is 15.0 Å². The molecule has 2 N–H and O–H groups in total. The van der Waals surface area contributed by atoms with Crippen molar-refractivity contribution in [3.8, 4) is 0 Å². The van der Waals surface area contributed by atoms with Crippen LogP contribution in [0.15, 0.2) is 0 Å². The Morgan fingerprint density at radius 2 is 2.18 bits per heavy atom. The van der Waals surface area contributed by atoms with Crippen LogP contribution in [0.5, 0.6) is 0 Å². The quantitative estimate of drug-likeness (QED) is 0.745. The molecule has 0 amide bonds. The summed E-state index contributed by atoms with van der Waals surface area (Å²) >= 11 is 0. The molecule has 3 nitrogen and oxygen atoms in total. The number of aliphatic hydroxyl groups is 2. The van der Waals surface area contributed by atoms with Crippen molar-refractivity contribution in [1.29, 1.82) is 0 Å². The maximum absolute atomic E-state index is 11.3. The molecule has 0 aliphatic heterocycles. The molecule has 2 saturated carbocycles. The minimum Gasteiger partial charge on any atom is -0.393 e. The van der Waals surface area contributed by atoms with Crippen LogP contribution in [0.25, 0.3) is 0 Å². The molecule has 0 saturated heterocycles. The molecular weight excluding hydrogens is 216 g/mol. The Morgan fingerprint density at radius 3 is 2.76 bits per heavy atom. The largest absolute Gasteiger partial charge is 0.393 e. The van der Waals surface area contributed by atoms with Crippen molar-refractivity contribution < 1.29 is 15.0 Å². The SMILES string of the molecule is CCCCC(O)CCC1C(O)CC2C(=O)CC21. The standard InChI is InChI=1S/C14H24O3/c1-2-3-4-9(15)5-6-10-11-7-14(17)12(11)8-13(10)16/h9-13,15-16H,2-8H2,1H3. The van der Waals surface area contributed by atoms with Gasteiger partial charge in [0.25, 0.3) is 0 Å². The lowest BCUT2D eigenvalue weighted by Crippen LogP contribution is -2.36. The van der Waals surface area contributed by atoms with Crippen LogP contribution in [0.3, 0.4) is 0 Å². The van der Waals surface area contributed by atoms with E-state index in [0.29, 0.717) is 24.5 Å². The number of ketones is 1. The average molecular weight is 240 g/mol. The summed E-state index contributed by atoms with van der Waals surface area (Å²) in [7, 11) is 0. The topological polar surface area (TPSA) is 57.5 Å². The monoisotopic (exact) mass is 240 g/mol. The molecule has 0 aromatic rings. The van der Waals surface area contributed by atoms with E-state index in [-0.39, 0.29) is 24.0 Å². The minimum atomic E-state index is -0.310. The van der Waals surface area contributed by atoms with Gasteiger partial charge in [-0.05, 0) is 37.5 Å². The van der Waals surface area contributed by atoms with Crippen LogP contribution in [0.4, 0.5) is 0 Å². The highest BCUT2D eigenvalue weighted by Gasteiger charge is 2.52. The molecule has 0 aromatic heterocycles. The van der Waals surface area contributed by atoms with Crippen molar-refractivity contribution in [2.75, 3.05) is 0 Å². The van der Waals surface area contributed by atoms with Crippen LogP contribution in [0, 0.1) is 17.8 Å². The molecule has 2 aliphatic rings. The number of aliphatic hydroxyl groups excluding tert-OH is 2. The lowest BCUT2D eigenvalue weighted by molar-refractivity contribution is -0.133. The highest BCUT2D eigenvalue weighted by atomic mass is 16.3. The molecule has 0 bridgehead atoms. The smallest absolute Gasteiger partial charge is 0.136 e.